The average molecular weight is 339 g/mol. The average Bonchev–Trinajstić information content (AvgIpc) is 3.06. The molecular formula is C22H29NO2. The maximum absolute atomic E-state index is 10.6. The Hall–Kier alpha value is -1.84. The molecule has 1 aliphatic heterocycles. The normalized spacial score (nSPS) is 22.0. The summed E-state index contributed by atoms with van der Waals surface area (Å²) in [6, 6.07) is 18.5. The van der Waals surface area contributed by atoms with Gasteiger partial charge in [-0.1, -0.05) is 55.8 Å². The molecule has 1 heterocycles. The molecule has 25 heavy (non-hydrogen) atoms. The second kappa shape index (κ2) is 8.03. The van der Waals surface area contributed by atoms with E-state index < -0.39 is 6.10 Å². The predicted molar refractivity (Wildman–Crippen MR) is 102 cm³/mol. The molecule has 3 nitrogen and oxygen atoms in total. The highest BCUT2D eigenvalue weighted by atomic mass is 16.5. The van der Waals surface area contributed by atoms with Gasteiger partial charge in [0.2, 0.25) is 0 Å². The van der Waals surface area contributed by atoms with Crippen LogP contribution in [0.1, 0.15) is 43.4 Å². The molecule has 134 valence electrons. The van der Waals surface area contributed by atoms with Gasteiger partial charge < -0.3 is 9.84 Å². The molecule has 1 aliphatic rings. The maximum atomic E-state index is 10.6. The van der Waals surface area contributed by atoms with E-state index in [-0.39, 0.29) is 5.41 Å². The summed E-state index contributed by atoms with van der Waals surface area (Å²) in [6.45, 7) is 4.97. The Balaban J connectivity index is 1.74. The highest BCUT2D eigenvalue weighted by molar-refractivity contribution is 5.35. The first-order valence-corrected chi connectivity index (χ1v) is 9.27. The molecule has 0 aromatic heterocycles. The standard InChI is InChI=1S/C22H29NO2/c1-3-12-22(19-10-7-11-20(15-19)25-2)13-14-23(17-22)16-21(24)18-8-5-4-6-9-18/h4-11,15,21,24H,3,12-14,16-17H2,1-2H3. The van der Waals surface area contributed by atoms with Crippen LogP contribution in [0.3, 0.4) is 0 Å². The van der Waals surface area contributed by atoms with Crippen molar-refractivity contribution in [3.8, 4) is 5.75 Å². The first-order chi connectivity index (χ1) is 12.2. The summed E-state index contributed by atoms with van der Waals surface area (Å²) in [6.07, 6.45) is 3.03. The number of benzene rings is 2. The number of ether oxygens (including phenoxy) is 1. The first-order valence-electron chi connectivity index (χ1n) is 9.27. The molecule has 0 spiro atoms. The number of rotatable bonds is 7. The molecule has 0 radical (unpaired) electrons. The quantitative estimate of drug-likeness (QED) is 0.822. The Morgan fingerprint density at radius 1 is 1.16 bits per heavy atom. The number of methoxy groups -OCH3 is 1. The van der Waals surface area contributed by atoms with Crippen LogP contribution in [0.2, 0.25) is 0 Å². The van der Waals surface area contributed by atoms with Crippen molar-refractivity contribution in [3.05, 3.63) is 65.7 Å². The van der Waals surface area contributed by atoms with Gasteiger partial charge >= 0.3 is 0 Å². The summed E-state index contributed by atoms with van der Waals surface area (Å²) in [5.74, 6) is 0.927. The van der Waals surface area contributed by atoms with Crippen molar-refractivity contribution in [2.75, 3.05) is 26.7 Å². The minimum Gasteiger partial charge on any atom is -0.497 e. The molecular weight excluding hydrogens is 310 g/mol. The second-order valence-electron chi connectivity index (χ2n) is 7.17. The molecule has 0 saturated carbocycles. The first kappa shape index (κ1) is 18.0. The third-order valence-electron chi connectivity index (χ3n) is 5.46. The van der Waals surface area contributed by atoms with Gasteiger partial charge in [0.15, 0.2) is 0 Å². The van der Waals surface area contributed by atoms with E-state index in [0.29, 0.717) is 6.54 Å². The van der Waals surface area contributed by atoms with E-state index in [0.717, 1.165) is 43.7 Å². The molecule has 2 atom stereocenters. The van der Waals surface area contributed by atoms with Gasteiger partial charge in [-0.25, -0.2) is 0 Å². The molecule has 1 saturated heterocycles. The SMILES string of the molecule is CCCC1(c2cccc(OC)c2)CCN(CC(O)c2ccccc2)C1. The summed E-state index contributed by atoms with van der Waals surface area (Å²) in [4.78, 5) is 2.41. The zero-order valence-electron chi connectivity index (χ0n) is 15.3. The Morgan fingerprint density at radius 2 is 1.96 bits per heavy atom. The molecule has 3 rings (SSSR count). The molecule has 0 amide bonds. The van der Waals surface area contributed by atoms with E-state index in [2.05, 4.69) is 30.0 Å². The third-order valence-corrected chi connectivity index (χ3v) is 5.46. The number of hydrogen-bond acceptors (Lipinski definition) is 3. The smallest absolute Gasteiger partial charge is 0.119 e. The van der Waals surface area contributed by atoms with Crippen LogP contribution >= 0.6 is 0 Å². The van der Waals surface area contributed by atoms with Crippen molar-refractivity contribution >= 4 is 0 Å². The van der Waals surface area contributed by atoms with Crippen LogP contribution in [0, 0.1) is 0 Å². The summed E-state index contributed by atoms with van der Waals surface area (Å²) < 4.78 is 5.43. The molecule has 2 aromatic carbocycles. The lowest BCUT2D eigenvalue weighted by Gasteiger charge is -2.31. The van der Waals surface area contributed by atoms with Gasteiger partial charge in [0.05, 0.1) is 13.2 Å². The molecule has 2 aromatic rings. The molecule has 0 aliphatic carbocycles. The minimum atomic E-state index is -0.427. The Morgan fingerprint density at radius 3 is 2.68 bits per heavy atom. The second-order valence-corrected chi connectivity index (χ2v) is 7.17. The van der Waals surface area contributed by atoms with Gasteiger partial charge in [0, 0.05) is 18.5 Å². The number of aliphatic hydroxyl groups excluding tert-OH is 1. The zero-order chi connectivity index (χ0) is 17.7. The lowest BCUT2D eigenvalue weighted by atomic mass is 9.76. The summed E-state index contributed by atoms with van der Waals surface area (Å²) in [7, 11) is 1.72. The molecule has 0 bridgehead atoms. The Labute approximate surface area is 151 Å². The highest BCUT2D eigenvalue weighted by Gasteiger charge is 2.39. The van der Waals surface area contributed by atoms with Gasteiger partial charge in [-0.15, -0.1) is 0 Å². The number of hydrogen-bond donors (Lipinski definition) is 1. The van der Waals surface area contributed by atoms with Crippen molar-refractivity contribution in [2.24, 2.45) is 0 Å². The van der Waals surface area contributed by atoms with Crippen LogP contribution in [-0.4, -0.2) is 36.8 Å². The van der Waals surface area contributed by atoms with Crippen LogP contribution in [0.15, 0.2) is 54.6 Å². The summed E-state index contributed by atoms with van der Waals surface area (Å²) in [5.41, 5.74) is 2.53. The van der Waals surface area contributed by atoms with Crippen molar-refractivity contribution in [3.63, 3.8) is 0 Å². The van der Waals surface area contributed by atoms with Crippen LogP contribution in [-0.2, 0) is 5.41 Å². The van der Waals surface area contributed by atoms with Crippen molar-refractivity contribution < 1.29 is 9.84 Å². The van der Waals surface area contributed by atoms with Crippen LogP contribution in [0.5, 0.6) is 5.75 Å². The van der Waals surface area contributed by atoms with Gasteiger partial charge in [-0.05, 0) is 42.6 Å². The van der Waals surface area contributed by atoms with E-state index in [1.54, 1.807) is 7.11 Å². The topological polar surface area (TPSA) is 32.7 Å². The minimum absolute atomic E-state index is 0.166. The maximum Gasteiger partial charge on any atom is 0.119 e. The van der Waals surface area contributed by atoms with Crippen molar-refractivity contribution in [1.29, 1.82) is 0 Å². The van der Waals surface area contributed by atoms with Gasteiger partial charge in [-0.2, -0.15) is 0 Å². The van der Waals surface area contributed by atoms with Crippen LogP contribution in [0.4, 0.5) is 0 Å². The highest BCUT2D eigenvalue weighted by Crippen LogP contribution is 2.40. The Kier molecular flexibility index (Phi) is 5.77. The number of likely N-dealkylation sites (tertiary alicyclic amines) is 1. The van der Waals surface area contributed by atoms with Gasteiger partial charge in [0.25, 0.3) is 0 Å². The third kappa shape index (κ3) is 4.05. The van der Waals surface area contributed by atoms with E-state index in [1.807, 2.05) is 36.4 Å². The van der Waals surface area contributed by atoms with E-state index in [1.165, 1.54) is 5.56 Å². The molecule has 2 unspecified atom stereocenters. The zero-order valence-corrected chi connectivity index (χ0v) is 15.3. The Bertz CT molecular complexity index is 673. The van der Waals surface area contributed by atoms with Crippen molar-refractivity contribution in [1.82, 2.24) is 4.90 Å². The van der Waals surface area contributed by atoms with Crippen LogP contribution < -0.4 is 4.74 Å². The molecule has 3 heteroatoms. The van der Waals surface area contributed by atoms with E-state index in [4.69, 9.17) is 4.74 Å². The van der Waals surface area contributed by atoms with E-state index in [9.17, 15) is 5.11 Å². The molecule has 1 fully saturated rings. The fraction of sp³-hybridized carbons (Fsp3) is 0.455. The number of β-amino-alcohol motifs (C(OH)–C–C–N with tert-alkyl or cyclic N) is 1. The monoisotopic (exact) mass is 339 g/mol. The fourth-order valence-corrected chi connectivity index (χ4v) is 4.15. The van der Waals surface area contributed by atoms with Crippen molar-refractivity contribution in [2.45, 2.75) is 37.7 Å². The summed E-state index contributed by atoms with van der Waals surface area (Å²) in [5, 5.41) is 10.6. The predicted octanol–water partition coefficient (Wildman–Crippen LogP) is 4.17. The van der Waals surface area contributed by atoms with Crippen LogP contribution in [0.25, 0.3) is 0 Å². The van der Waals surface area contributed by atoms with E-state index >= 15 is 0 Å². The lowest BCUT2D eigenvalue weighted by molar-refractivity contribution is 0.122. The largest absolute Gasteiger partial charge is 0.497 e. The van der Waals surface area contributed by atoms with Gasteiger partial charge in [0.1, 0.15) is 5.75 Å². The van der Waals surface area contributed by atoms with Gasteiger partial charge in [-0.3, -0.25) is 4.90 Å². The number of aliphatic hydroxyl groups is 1. The fourth-order valence-electron chi connectivity index (χ4n) is 4.15. The number of nitrogens with zero attached hydrogens (tertiary/aromatic N) is 1. The molecule has 1 N–H and O–H groups in total. The lowest BCUT2D eigenvalue weighted by Crippen LogP contribution is -2.33. The summed E-state index contributed by atoms with van der Waals surface area (Å²) >= 11 is 0.